The third-order valence-corrected chi connectivity index (χ3v) is 4.08. The largest absolute Gasteiger partial charge is 0.280 e. The van der Waals surface area contributed by atoms with Crippen LogP contribution in [-0.4, -0.2) is 22.8 Å². The van der Waals surface area contributed by atoms with Crippen molar-refractivity contribution in [3.05, 3.63) is 0 Å². The second-order valence-electron chi connectivity index (χ2n) is 5.84. The Morgan fingerprint density at radius 3 is 2.42 bits per heavy atom. The molecule has 2 atom stereocenters. The summed E-state index contributed by atoms with van der Waals surface area (Å²) in [5, 5.41) is 0. The van der Waals surface area contributed by atoms with Gasteiger partial charge < -0.3 is 0 Å². The van der Waals surface area contributed by atoms with Gasteiger partial charge in [-0.05, 0) is 19.8 Å². The lowest BCUT2D eigenvalue weighted by Crippen LogP contribution is -2.38. The molecule has 2 amide bonds. The van der Waals surface area contributed by atoms with Gasteiger partial charge in [-0.1, -0.05) is 52.4 Å². The fourth-order valence-corrected chi connectivity index (χ4v) is 2.95. The van der Waals surface area contributed by atoms with Crippen LogP contribution in [0.4, 0.5) is 0 Å². The Morgan fingerprint density at radius 1 is 1.11 bits per heavy atom. The second-order valence-corrected chi connectivity index (χ2v) is 5.84. The minimum Gasteiger partial charge on any atom is -0.280 e. The van der Waals surface area contributed by atoms with E-state index in [9.17, 15) is 9.59 Å². The summed E-state index contributed by atoms with van der Waals surface area (Å²) in [6.07, 6.45) is 9.31. The number of hydrogen-bond acceptors (Lipinski definition) is 2. The lowest BCUT2D eigenvalue weighted by atomic mass is 9.99. The van der Waals surface area contributed by atoms with E-state index in [-0.39, 0.29) is 23.8 Å². The number of unbranched alkanes of at least 4 members (excludes halogenated alkanes) is 4. The van der Waals surface area contributed by atoms with E-state index < -0.39 is 0 Å². The third-order valence-electron chi connectivity index (χ3n) is 4.08. The molecule has 1 rings (SSSR count). The van der Waals surface area contributed by atoms with Gasteiger partial charge in [0.2, 0.25) is 11.8 Å². The molecule has 0 aromatic carbocycles. The van der Waals surface area contributed by atoms with Crippen LogP contribution in [0.15, 0.2) is 0 Å². The first-order chi connectivity index (χ1) is 9.11. The van der Waals surface area contributed by atoms with Crippen molar-refractivity contribution < 1.29 is 9.59 Å². The molecular weight excluding hydrogens is 238 g/mol. The zero-order chi connectivity index (χ0) is 14.3. The molecule has 0 saturated carbocycles. The standard InChI is InChI=1S/C16H29NO2/c1-4-6-7-8-9-11-14-12-15(18)17(16(14)19)13(3)10-5-2/h13-14H,4-12H2,1-3H3. The highest BCUT2D eigenvalue weighted by molar-refractivity contribution is 6.03. The molecule has 1 aliphatic rings. The fraction of sp³-hybridized carbons (Fsp3) is 0.875. The molecule has 2 unspecified atom stereocenters. The van der Waals surface area contributed by atoms with Gasteiger partial charge in [0.25, 0.3) is 0 Å². The summed E-state index contributed by atoms with van der Waals surface area (Å²) in [5.74, 6) is 0.0967. The summed E-state index contributed by atoms with van der Waals surface area (Å²) >= 11 is 0. The maximum absolute atomic E-state index is 12.3. The first kappa shape index (κ1) is 16.2. The highest BCUT2D eigenvalue weighted by atomic mass is 16.2. The number of nitrogens with zero attached hydrogens (tertiary/aromatic N) is 1. The molecule has 1 fully saturated rings. The van der Waals surface area contributed by atoms with Crippen molar-refractivity contribution in [2.45, 2.75) is 84.6 Å². The van der Waals surface area contributed by atoms with E-state index in [1.165, 1.54) is 30.6 Å². The van der Waals surface area contributed by atoms with E-state index in [0.717, 1.165) is 25.7 Å². The quantitative estimate of drug-likeness (QED) is 0.469. The molecule has 0 aromatic rings. The van der Waals surface area contributed by atoms with Crippen molar-refractivity contribution in [1.29, 1.82) is 0 Å². The molecule has 0 aromatic heterocycles. The summed E-state index contributed by atoms with van der Waals surface area (Å²) in [7, 11) is 0. The smallest absolute Gasteiger partial charge is 0.233 e. The van der Waals surface area contributed by atoms with Crippen molar-refractivity contribution in [2.24, 2.45) is 5.92 Å². The molecule has 1 aliphatic heterocycles. The summed E-state index contributed by atoms with van der Waals surface area (Å²) in [6, 6.07) is 0.0788. The first-order valence-corrected chi connectivity index (χ1v) is 7.97. The summed E-state index contributed by atoms with van der Waals surface area (Å²) in [5.41, 5.74) is 0. The van der Waals surface area contributed by atoms with Crippen molar-refractivity contribution in [1.82, 2.24) is 4.90 Å². The van der Waals surface area contributed by atoms with Crippen molar-refractivity contribution >= 4 is 11.8 Å². The van der Waals surface area contributed by atoms with Gasteiger partial charge >= 0.3 is 0 Å². The van der Waals surface area contributed by atoms with Crippen LogP contribution in [0.2, 0.25) is 0 Å². The SMILES string of the molecule is CCCCCCCC1CC(=O)N(C(C)CCC)C1=O. The second kappa shape index (κ2) is 8.34. The Bertz CT molecular complexity index is 301. The minimum atomic E-state index is -0.0339. The van der Waals surface area contributed by atoms with Crippen LogP contribution in [0.25, 0.3) is 0 Å². The number of rotatable bonds is 9. The zero-order valence-corrected chi connectivity index (χ0v) is 12.8. The topological polar surface area (TPSA) is 37.4 Å². The third kappa shape index (κ3) is 4.63. The minimum absolute atomic E-state index is 0.0339. The lowest BCUT2D eigenvalue weighted by molar-refractivity contribution is -0.141. The number of imide groups is 1. The Kier molecular flexibility index (Phi) is 7.11. The Labute approximate surface area is 117 Å². The average Bonchev–Trinajstić information content (AvgIpc) is 2.64. The predicted molar refractivity (Wildman–Crippen MR) is 77.7 cm³/mol. The lowest BCUT2D eigenvalue weighted by Gasteiger charge is -2.22. The van der Waals surface area contributed by atoms with E-state index in [4.69, 9.17) is 0 Å². The molecule has 3 heteroatoms. The predicted octanol–water partition coefficient (Wildman–Crippen LogP) is 3.91. The molecule has 110 valence electrons. The highest BCUT2D eigenvalue weighted by Crippen LogP contribution is 2.27. The Morgan fingerprint density at radius 2 is 1.79 bits per heavy atom. The van der Waals surface area contributed by atoms with Crippen molar-refractivity contribution in [2.75, 3.05) is 0 Å². The Balaban J connectivity index is 2.38. The van der Waals surface area contributed by atoms with Crippen LogP contribution in [0.1, 0.15) is 78.6 Å². The Hall–Kier alpha value is -0.860. The van der Waals surface area contributed by atoms with Gasteiger partial charge in [-0.25, -0.2) is 0 Å². The van der Waals surface area contributed by atoms with E-state index >= 15 is 0 Å². The van der Waals surface area contributed by atoms with Crippen LogP contribution in [0.5, 0.6) is 0 Å². The first-order valence-electron chi connectivity index (χ1n) is 7.97. The number of likely N-dealkylation sites (tertiary alicyclic amines) is 1. The zero-order valence-electron chi connectivity index (χ0n) is 12.8. The number of carbonyl (C=O) groups excluding carboxylic acids is 2. The molecule has 1 saturated heterocycles. The van der Waals surface area contributed by atoms with Gasteiger partial charge in [-0.3, -0.25) is 14.5 Å². The van der Waals surface area contributed by atoms with Crippen LogP contribution >= 0.6 is 0 Å². The van der Waals surface area contributed by atoms with E-state index in [0.29, 0.717) is 6.42 Å². The molecule has 19 heavy (non-hydrogen) atoms. The molecule has 0 bridgehead atoms. The van der Waals surface area contributed by atoms with E-state index in [1.807, 2.05) is 6.92 Å². The van der Waals surface area contributed by atoms with E-state index in [2.05, 4.69) is 13.8 Å². The maximum atomic E-state index is 12.3. The van der Waals surface area contributed by atoms with Crippen molar-refractivity contribution in [3.63, 3.8) is 0 Å². The monoisotopic (exact) mass is 267 g/mol. The number of amides is 2. The van der Waals surface area contributed by atoms with Gasteiger partial charge in [-0.15, -0.1) is 0 Å². The van der Waals surface area contributed by atoms with Gasteiger partial charge in [0.05, 0.1) is 0 Å². The summed E-state index contributed by atoms with van der Waals surface area (Å²) < 4.78 is 0. The normalized spacial score (nSPS) is 21.2. The van der Waals surface area contributed by atoms with Gasteiger partial charge in [0.1, 0.15) is 0 Å². The summed E-state index contributed by atoms with van der Waals surface area (Å²) in [4.78, 5) is 25.7. The van der Waals surface area contributed by atoms with Gasteiger partial charge in [0, 0.05) is 18.4 Å². The molecule has 0 aliphatic carbocycles. The molecule has 3 nitrogen and oxygen atoms in total. The average molecular weight is 267 g/mol. The number of hydrogen-bond donors (Lipinski definition) is 0. The molecule has 0 radical (unpaired) electrons. The van der Waals surface area contributed by atoms with Crippen LogP contribution in [-0.2, 0) is 9.59 Å². The number of carbonyl (C=O) groups is 2. The fourth-order valence-electron chi connectivity index (χ4n) is 2.95. The van der Waals surface area contributed by atoms with Crippen LogP contribution in [0, 0.1) is 5.92 Å². The maximum Gasteiger partial charge on any atom is 0.233 e. The molecule has 0 N–H and O–H groups in total. The molecular formula is C16H29NO2. The van der Waals surface area contributed by atoms with Crippen molar-refractivity contribution in [3.8, 4) is 0 Å². The van der Waals surface area contributed by atoms with Gasteiger partial charge in [-0.2, -0.15) is 0 Å². The molecule has 1 heterocycles. The van der Waals surface area contributed by atoms with E-state index in [1.54, 1.807) is 0 Å². The van der Waals surface area contributed by atoms with Crippen LogP contribution < -0.4 is 0 Å². The summed E-state index contributed by atoms with van der Waals surface area (Å²) in [6.45, 7) is 6.28. The van der Waals surface area contributed by atoms with Crippen LogP contribution in [0.3, 0.4) is 0 Å². The van der Waals surface area contributed by atoms with Gasteiger partial charge in [0.15, 0.2) is 0 Å². The molecule has 0 spiro atoms. The highest BCUT2D eigenvalue weighted by Gasteiger charge is 2.39.